The fraction of sp³-hybridized carbons (Fsp3) is 0.375. The van der Waals surface area contributed by atoms with E-state index < -0.39 is 29.6 Å². The van der Waals surface area contributed by atoms with Crippen LogP contribution in [0.15, 0.2) is 53.0 Å². The van der Waals surface area contributed by atoms with Crippen molar-refractivity contribution in [3.05, 3.63) is 76.7 Å². The zero-order chi connectivity index (χ0) is 38.8. The van der Waals surface area contributed by atoms with Crippen molar-refractivity contribution in [2.75, 3.05) is 27.9 Å². The molecular weight excluding hydrogens is 698 g/mol. The molecule has 54 heavy (non-hydrogen) atoms. The molecule has 0 saturated carbocycles. The second-order valence-corrected chi connectivity index (χ2v) is 12.9. The van der Waals surface area contributed by atoms with Gasteiger partial charge in [0.25, 0.3) is 5.89 Å². The standard InChI is InChI=1S/C40H45N3O11/c1-23-11-10-14-26(44)13-7-5-6-12-24-19-30(46)36(37(48)35(24)40(49)53-23)28(25-20-31(50-2)38(52-4)32(21-25)51-3)22-33(47)41-18-17-34-42-43-39(54-34)27-15-8-9-16-29(27)45/h6,8-9,12,15-16,19-21,23,28,45-46,48H,5,7,10-11,13-14,17-18,22H2,1-4H3,(H,41,47). The van der Waals surface area contributed by atoms with Crippen LogP contribution in [0.3, 0.4) is 0 Å². The molecule has 4 N–H and O–H groups in total. The maximum Gasteiger partial charge on any atom is 0.342 e. The molecule has 14 nitrogen and oxygen atoms in total. The van der Waals surface area contributed by atoms with E-state index in [1.807, 2.05) is 0 Å². The highest BCUT2D eigenvalue weighted by Gasteiger charge is 2.32. The molecule has 5 rings (SSSR count). The van der Waals surface area contributed by atoms with Crippen molar-refractivity contribution in [1.82, 2.24) is 15.5 Å². The lowest BCUT2D eigenvalue weighted by molar-refractivity contribution is -0.121. The number of hydrogen-bond acceptors (Lipinski definition) is 13. The molecule has 1 aliphatic rings. The normalized spacial score (nSPS) is 15.7. The van der Waals surface area contributed by atoms with Crippen LogP contribution in [0.2, 0.25) is 0 Å². The van der Waals surface area contributed by atoms with Crippen LogP contribution < -0.4 is 19.5 Å². The minimum Gasteiger partial charge on any atom is -0.507 e. The Morgan fingerprint density at radius 3 is 2.39 bits per heavy atom. The van der Waals surface area contributed by atoms with Crippen LogP contribution in [0.5, 0.6) is 34.5 Å². The second-order valence-electron chi connectivity index (χ2n) is 12.9. The molecule has 2 unspecified atom stereocenters. The molecule has 14 heteroatoms. The van der Waals surface area contributed by atoms with Gasteiger partial charge in [-0.15, -0.1) is 10.2 Å². The summed E-state index contributed by atoms with van der Waals surface area (Å²) in [6, 6.07) is 11.1. The first kappa shape index (κ1) is 39.2. The number of ether oxygens (including phenoxy) is 4. The summed E-state index contributed by atoms with van der Waals surface area (Å²) in [6.07, 6.45) is 5.63. The van der Waals surface area contributed by atoms with Gasteiger partial charge in [-0.3, -0.25) is 9.59 Å². The fourth-order valence-corrected chi connectivity index (χ4v) is 6.39. The quantitative estimate of drug-likeness (QED) is 0.126. The van der Waals surface area contributed by atoms with Crippen molar-refractivity contribution < 1.29 is 53.1 Å². The Balaban J connectivity index is 1.50. The SMILES string of the molecule is COc1cc(C(CC(=O)NCCc2nnc(-c3ccccc3O)o2)c2c(O)cc3c(c2O)C(=O)OC(C)CCCC(=O)CCCC=C3)cc(OC)c1OC. The van der Waals surface area contributed by atoms with E-state index in [1.54, 1.807) is 49.4 Å². The van der Waals surface area contributed by atoms with Gasteiger partial charge in [0.15, 0.2) is 11.5 Å². The molecule has 0 fully saturated rings. The predicted octanol–water partition coefficient (Wildman–Crippen LogP) is 6.24. The molecule has 0 bridgehead atoms. The number of esters is 1. The second kappa shape index (κ2) is 18.1. The van der Waals surface area contributed by atoms with E-state index in [2.05, 4.69) is 15.5 Å². The van der Waals surface area contributed by atoms with Crippen molar-refractivity contribution in [3.63, 3.8) is 0 Å². The number of cyclic esters (lactones) is 1. The lowest BCUT2D eigenvalue weighted by Gasteiger charge is -2.24. The molecule has 0 saturated heterocycles. The van der Waals surface area contributed by atoms with E-state index in [0.717, 1.165) is 0 Å². The van der Waals surface area contributed by atoms with Crippen molar-refractivity contribution in [2.24, 2.45) is 0 Å². The van der Waals surface area contributed by atoms with Gasteiger partial charge in [-0.25, -0.2) is 4.79 Å². The number of fused-ring (bicyclic) bond motifs is 1. The summed E-state index contributed by atoms with van der Waals surface area (Å²) in [5.41, 5.74) is 0.723. The van der Waals surface area contributed by atoms with Gasteiger partial charge in [-0.1, -0.05) is 24.3 Å². The van der Waals surface area contributed by atoms with Gasteiger partial charge in [0, 0.05) is 43.7 Å². The monoisotopic (exact) mass is 743 g/mol. The van der Waals surface area contributed by atoms with Crippen LogP contribution in [0.25, 0.3) is 17.5 Å². The number of nitrogens with one attached hydrogen (secondary N) is 1. The zero-order valence-corrected chi connectivity index (χ0v) is 30.7. The number of Topliss-reactive ketones (excluding diaryl/α,β-unsaturated/α-hetero) is 1. The van der Waals surface area contributed by atoms with Crippen molar-refractivity contribution in [3.8, 4) is 46.0 Å². The average Bonchev–Trinajstić information content (AvgIpc) is 3.61. The van der Waals surface area contributed by atoms with Crippen molar-refractivity contribution in [1.29, 1.82) is 0 Å². The number of benzene rings is 3. The van der Waals surface area contributed by atoms with E-state index in [9.17, 15) is 29.7 Å². The Morgan fingerprint density at radius 1 is 0.963 bits per heavy atom. The van der Waals surface area contributed by atoms with Crippen LogP contribution in [0.1, 0.15) is 90.7 Å². The Morgan fingerprint density at radius 2 is 1.69 bits per heavy atom. The number of hydrogen-bond donors (Lipinski definition) is 4. The highest BCUT2D eigenvalue weighted by molar-refractivity contribution is 5.98. The largest absolute Gasteiger partial charge is 0.507 e. The van der Waals surface area contributed by atoms with E-state index in [1.165, 1.54) is 33.5 Å². The van der Waals surface area contributed by atoms with Crippen molar-refractivity contribution in [2.45, 2.75) is 70.3 Å². The molecule has 2 atom stereocenters. The number of ketones is 1. The van der Waals surface area contributed by atoms with Gasteiger partial charge >= 0.3 is 5.97 Å². The topological polar surface area (TPSA) is 200 Å². The van der Waals surface area contributed by atoms with Gasteiger partial charge in [0.1, 0.15) is 28.6 Å². The molecule has 1 aromatic heterocycles. The number of phenolic OH excluding ortho intramolecular Hbond substituents is 3. The third kappa shape index (κ3) is 9.29. The molecule has 1 amide bonds. The molecule has 2 heterocycles. The fourth-order valence-electron chi connectivity index (χ4n) is 6.39. The number of methoxy groups -OCH3 is 3. The predicted molar refractivity (Wildman–Crippen MR) is 197 cm³/mol. The number of carbonyl (C=O) groups excluding carboxylic acids is 3. The summed E-state index contributed by atoms with van der Waals surface area (Å²) in [6.45, 7) is 1.80. The van der Waals surface area contributed by atoms with Crippen LogP contribution in [-0.4, -0.2) is 77.2 Å². The van der Waals surface area contributed by atoms with Crippen LogP contribution >= 0.6 is 0 Å². The van der Waals surface area contributed by atoms with E-state index in [-0.39, 0.29) is 82.4 Å². The van der Waals surface area contributed by atoms with Gasteiger partial charge < -0.3 is 44.0 Å². The molecular formula is C40H45N3O11. The number of nitrogens with zero attached hydrogens (tertiary/aromatic N) is 2. The highest BCUT2D eigenvalue weighted by atomic mass is 16.5. The molecule has 0 aliphatic carbocycles. The van der Waals surface area contributed by atoms with Gasteiger partial charge in [0.2, 0.25) is 17.5 Å². The maximum atomic E-state index is 13.8. The number of aromatic nitrogens is 2. The Bertz CT molecular complexity index is 1980. The molecule has 0 spiro atoms. The maximum absolute atomic E-state index is 13.8. The van der Waals surface area contributed by atoms with Gasteiger partial charge in [-0.2, -0.15) is 0 Å². The van der Waals surface area contributed by atoms with Gasteiger partial charge in [0.05, 0.1) is 33.0 Å². The first-order valence-corrected chi connectivity index (χ1v) is 17.7. The summed E-state index contributed by atoms with van der Waals surface area (Å²) in [5, 5.41) is 44.5. The minimum atomic E-state index is -1.05. The summed E-state index contributed by atoms with van der Waals surface area (Å²) in [7, 11) is 4.32. The number of amides is 1. The van der Waals surface area contributed by atoms with E-state index in [4.69, 9.17) is 23.4 Å². The number of phenols is 3. The lowest BCUT2D eigenvalue weighted by Crippen LogP contribution is -2.27. The zero-order valence-electron chi connectivity index (χ0n) is 30.7. The molecule has 0 radical (unpaired) electrons. The Labute approximate surface area is 312 Å². The first-order valence-electron chi connectivity index (χ1n) is 17.7. The van der Waals surface area contributed by atoms with Crippen molar-refractivity contribution >= 4 is 23.7 Å². The third-order valence-corrected chi connectivity index (χ3v) is 9.14. The first-order chi connectivity index (χ1) is 26.0. The minimum absolute atomic E-state index is 0.0157. The molecule has 1 aliphatic heterocycles. The van der Waals surface area contributed by atoms with Gasteiger partial charge in [-0.05, 0) is 74.1 Å². The van der Waals surface area contributed by atoms with Crippen LogP contribution in [-0.2, 0) is 20.7 Å². The molecule has 4 aromatic rings. The Hall–Kier alpha value is -6.05. The number of allylic oxidation sites excluding steroid dienone is 1. The summed E-state index contributed by atoms with van der Waals surface area (Å²) >= 11 is 0. The number of carbonyl (C=O) groups is 3. The summed E-state index contributed by atoms with van der Waals surface area (Å²) in [4.78, 5) is 39.7. The third-order valence-electron chi connectivity index (χ3n) is 9.14. The van der Waals surface area contributed by atoms with Crippen LogP contribution in [0, 0.1) is 0 Å². The molecule has 286 valence electrons. The summed E-state index contributed by atoms with van der Waals surface area (Å²) in [5.74, 6) is -1.96. The highest BCUT2D eigenvalue weighted by Crippen LogP contribution is 2.47. The molecule has 3 aromatic carbocycles. The number of rotatable bonds is 11. The average molecular weight is 744 g/mol. The summed E-state index contributed by atoms with van der Waals surface area (Å²) < 4.78 is 28.1. The number of para-hydroxylation sites is 1. The van der Waals surface area contributed by atoms with E-state index in [0.29, 0.717) is 49.7 Å². The Kier molecular flexibility index (Phi) is 13.1. The number of aromatic hydroxyl groups is 3. The van der Waals surface area contributed by atoms with Crippen LogP contribution in [0.4, 0.5) is 0 Å². The smallest absolute Gasteiger partial charge is 0.342 e. The lowest BCUT2D eigenvalue weighted by atomic mass is 9.84. The van der Waals surface area contributed by atoms with E-state index >= 15 is 0 Å².